The molecule has 0 saturated carbocycles. The van der Waals surface area contributed by atoms with Crippen LogP contribution in [-0.4, -0.2) is 54.3 Å². The second-order valence-electron chi connectivity index (χ2n) is 4.87. The van der Waals surface area contributed by atoms with Crippen molar-refractivity contribution in [3.8, 4) is 0 Å². The van der Waals surface area contributed by atoms with Gasteiger partial charge in [-0.3, -0.25) is 0 Å². The highest BCUT2D eigenvalue weighted by molar-refractivity contribution is 5.25. The lowest BCUT2D eigenvalue weighted by molar-refractivity contribution is 0.210. The van der Waals surface area contributed by atoms with E-state index in [0.29, 0.717) is 6.61 Å². The Bertz CT molecular complexity index is 353. The monoisotopic (exact) mass is 252 g/mol. The van der Waals surface area contributed by atoms with Gasteiger partial charge in [0.15, 0.2) is 0 Å². The van der Waals surface area contributed by atoms with Gasteiger partial charge in [0.25, 0.3) is 0 Å². The van der Waals surface area contributed by atoms with Crippen LogP contribution in [-0.2, 0) is 11.3 Å². The lowest BCUT2D eigenvalue weighted by atomic mass is 10.1. The molecule has 1 N–H and O–H groups in total. The zero-order valence-corrected chi connectivity index (χ0v) is 11.4. The Morgan fingerprint density at radius 2 is 2.44 bits per heavy atom. The number of likely N-dealkylation sites (tertiary alicyclic amines) is 1. The standard InChI is InChI=1S/C13H24N4O/c1-3-16-7-4-12(10-16)11-17-8-5-14-13(17)15-6-9-18-2/h5,8,12H,3-4,6-7,9-11H2,1-2H3,(H,14,15). The summed E-state index contributed by atoms with van der Waals surface area (Å²) in [6, 6.07) is 0. The van der Waals surface area contributed by atoms with Crippen LogP contribution in [0.5, 0.6) is 0 Å². The van der Waals surface area contributed by atoms with Gasteiger partial charge in [-0.1, -0.05) is 6.92 Å². The molecule has 1 aromatic rings. The van der Waals surface area contributed by atoms with E-state index in [-0.39, 0.29) is 0 Å². The van der Waals surface area contributed by atoms with Gasteiger partial charge in [0.05, 0.1) is 6.61 Å². The van der Waals surface area contributed by atoms with Gasteiger partial charge in [0, 0.05) is 39.1 Å². The van der Waals surface area contributed by atoms with Crippen LogP contribution in [0, 0.1) is 5.92 Å². The van der Waals surface area contributed by atoms with E-state index in [1.165, 1.54) is 26.1 Å². The van der Waals surface area contributed by atoms with Crippen LogP contribution >= 0.6 is 0 Å². The molecule has 1 aliphatic rings. The second-order valence-corrected chi connectivity index (χ2v) is 4.87. The van der Waals surface area contributed by atoms with E-state index >= 15 is 0 Å². The van der Waals surface area contributed by atoms with E-state index < -0.39 is 0 Å². The smallest absolute Gasteiger partial charge is 0.202 e. The molecule has 0 aromatic carbocycles. The van der Waals surface area contributed by atoms with E-state index in [1.54, 1.807) is 7.11 Å². The van der Waals surface area contributed by atoms with Gasteiger partial charge in [-0.2, -0.15) is 0 Å². The van der Waals surface area contributed by atoms with Crippen molar-refractivity contribution in [1.82, 2.24) is 14.5 Å². The minimum Gasteiger partial charge on any atom is -0.383 e. The lowest BCUT2D eigenvalue weighted by Crippen LogP contribution is -2.22. The van der Waals surface area contributed by atoms with E-state index in [1.807, 2.05) is 6.20 Å². The molecule has 2 rings (SSSR count). The summed E-state index contributed by atoms with van der Waals surface area (Å²) < 4.78 is 7.26. The molecule has 1 fully saturated rings. The molecule has 5 heteroatoms. The number of rotatable bonds is 7. The number of hydrogen-bond acceptors (Lipinski definition) is 4. The molecule has 2 heterocycles. The third-order valence-electron chi connectivity index (χ3n) is 3.58. The van der Waals surface area contributed by atoms with Crippen LogP contribution in [0.25, 0.3) is 0 Å². The van der Waals surface area contributed by atoms with Gasteiger partial charge in [0.2, 0.25) is 5.95 Å². The van der Waals surface area contributed by atoms with Gasteiger partial charge in [0.1, 0.15) is 0 Å². The summed E-state index contributed by atoms with van der Waals surface area (Å²) in [6.45, 7) is 8.43. The maximum atomic E-state index is 5.04. The van der Waals surface area contributed by atoms with Crippen molar-refractivity contribution in [2.75, 3.05) is 45.2 Å². The molecule has 1 aromatic heterocycles. The van der Waals surface area contributed by atoms with E-state index in [2.05, 4.69) is 32.9 Å². The zero-order valence-electron chi connectivity index (χ0n) is 11.4. The first kappa shape index (κ1) is 13.4. The predicted octanol–water partition coefficient (Wildman–Crippen LogP) is 1.28. The van der Waals surface area contributed by atoms with Crippen molar-refractivity contribution < 1.29 is 4.74 Å². The highest BCUT2D eigenvalue weighted by Gasteiger charge is 2.21. The minimum absolute atomic E-state index is 0.708. The quantitative estimate of drug-likeness (QED) is 0.742. The molecule has 1 unspecified atom stereocenters. The number of methoxy groups -OCH3 is 1. The Labute approximate surface area is 109 Å². The predicted molar refractivity (Wildman–Crippen MR) is 72.8 cm³/mol. The topological polar surface area (TPSA) is 42.3 Å². The maximum Gasteiger partial charge on any atom is 0.202 e. The van der Waals surface area contributed by atoms with E-state index in [9.17, 15) is 0 Å². The van der Waals surface area contributed by atoms with Crippen molar-refractivity contribution >= 4 is 5.95 Å². The van der Waals surface area contributed by atoms with Gasteiger partial charge in [-0.15, -0.1) is 0 Å². The van der Waals surface area contributed by atoms with Gasteiger partial charge >= 0.3 is 0 Å². The first-order chi connectivity index (χ1) is 8.83. The number of hydrogen-bond donors (Lipinski definition) is 1. The van der Waals surface area contributed by atoms with Crippen molar-refractivity contribution in [3.63, 3.8) is 0 Å². The number of aromatic nitrogens is 2. The van der Waals surface area contributed by atoms with Crippen molar-refractivity contribution in [2.24, 2.45) is 5.92 Å². The third-order valence-corrected chi connectivity index (χ3v) is 3.58. The molecule has 0 spiro atoms. The minimum atomic E-state index is 0.708. The number of nitrogens with zero attached hydrogens (tertiary/aromatic N) is 3. The second kappa shape index (κ2) is 6.75. The fourth-order valence-corrected chi connectivity index (χ4v) is 2.52. The lowest BCUT2D eigenvalue weighted by Gasteiger charge is -2.15. The first-order valence-corrected chi connectivity index (χ1v) is 6.79. The van der Waals surface area contributed by atoms with Crippen LogP contribution in [0.2, 0.25) is 0 Å². The van der Waals surface area contributed by atoms with Crippen LogP contribution in [0.4, 0.5) is 5.95 Å². The number of anilines is 1. The zero-order chi connectivity index (χ0) is 12.8. The fourth-order valence-electron chi connectivity index (χ4n) is 2.52. The highest BCUT2D eigenvalue weighted by Crippen LogP contribution is 2.19. The Morgan fingerprint density at radius 1 is 1.56 bits per heavy atom. The Morgan fingerprint density at radius 3 is 3.17 bits per heavy atom. The van der Waals surface area contributed by atoms with Crippen LogP contribution in [0.3, 0.4) is 0 Å². The molecule has 0 radical (unpaired) electrons. The van der Waals surface area contributed by atoms with Crippen molar-refractivity contribution in [2.45, 2.75) is 19.9 Å². The van der Waals surface area contributed by atoms with Crippen LogP contribution in [0.15, 0.2) is 12.4 Å². The van der Waals surface area contributed by atoms with E-state index in [4.69, 9.17) is 4.74 Å². The average Bonchev–Trinajstić information content (AvgIpc) is 3.00. The summed E-state index contributed by atoms with van der Waals surface area (Å²) in [7, 11) is 1.71. The summed E-state index contributed by atoms with van der Waals surface area (Å²) in [5.41, 5.74) is 0. The molecule has 0 bridgehead atoms. The van der Waals surface area contributed by atoms with E-state index in [0.717, 1.165) is 25.0 Å². The third kappa shape index (κ3) is 3.46. The Kier molecular flexibility index (Phi) is 5.01. The van der Waals surface area contributed by atoms with Gasteiger partial charge < -0.3 is 19.5 Å². The number of imidazole rings is 1. The largest absolute Gasteiger partial charge is 0.383 e. The molecule has 0 amide bonds. The maximum absolute atomic E-state index is 5.04. The summed E-state index contributed by atoms with van der Waals surface area (Å²) >= 11 is 0. The van der Waals surface area contributed by atoms with Crippen LogP contribution < -0.4 is 5.32 Å². The fraction of sp³-hybridized carbons (Fsp3) is 0.769. The first-order valence-electron chi connectivity index (χ1n) is 6.79. The van der Waals surface area contributed by atoms with Crippen molar-refractivity contribution in [1.29, 1.82) is 0 Å². The molecule has 1 atom stereocenters. The normalized spacial score (nSPS) is 20.4. The molecule has 18 heavy (non-hydrogen) atoms. The molecule has 0 aliphatic carbocycles. The Balaban J connectivity index is 1.84. The van der Waals surface area contributed by atoms with Crippen LogP contribution in [0.1, 0.15) is 13.3 Å². The van der Waals surface area contributed by atoms with Gasteiger partial charge in [-0.05, 0) is 25.4 Å². The molecule has 102 valence electrons. The number of ether oxygens (including phenoxy) is 1. The average molecular weight is 252 g/mol. The molecule has 1 aliphatic heterocycles. The molecule has 1 saturated heterocycles. The SMILES string of the molecule is CCN1CCC(Cn2ccnc2NCCOC)C1. The summed E-state index contributed by atoms with van der Waals surface area (Å²) in [5, 5.41) is 3.31. The molecular formula is C13H24N4O. The summed E-state index contributed by atoms with van der Waals surface area (Å²) in [6.07, 6.45) is 5.22. The molecular weight excluding hydrogens is 228 g/mol. The molecule has 5 nitrogen and oxygen atoms in total. The highest BCUT2D eigenvalue weighted by atomic mass is 16.5. The van der Waals surface area contributed by atoms with Crippen molar-refractivity contribution in [3.05, 3.63) is 12.4 Å². The summed E-state index contributed by atoms with van der Waals surface area (Å²) in [4.78, 5) is 6.87. The number of nitrogens with one attached hydrogen (secondary N) is 1. The Hall–Kier alpha value is -1.07. The summed E-state index contributed by atoms with van der Waals surface area (Å²) in [5.74, 6) is 1.71. The van der Waals surface area contributed by atoms with Gasteiger partial charge in [-0.25, -0.2) is 4.98 Å².